The number of carbonyl (C=O) groups is 2. The Morgan fingerprint density at radius 1 is 0.879 bits per heavy atom. The predicted molar refractivity (Wildman–Crippen MR) is 131 cm³/mol. The zero-order valence-electron chi connectivity index (χ0n) is 18.8. The highest BCUT2D eigenvalue weighted by atomic mass is 32.2. The molecular weight excluding hydrogens is 436 g/mol. The van der Waals surface area contributed by atoms with Gasteiger partial charge in [-0.3, -0.25) is 9.59 Å². The van der Waals surface area contributed by atoms with Gasteiger partial charge in [-0.25, -0.2) is 13.1 Å². The molecule has 0 aromatic heterocycles. The smallest absolute Gasteiger partial charge is 0.265 e. The molecule has 0 bridgehead atoms. The van der Waals surface area contributed by atoms with E-state index in [1.807, 2.05) is 59.3 Å². The van der Waals surface area contributed by atoms with E-state index in [1.54, 1.807) is 29.2 Å². The van der Waals surface area contributed by atoms with Gasteiger partial charge in [-0.1, -0.05) is 74.0 Å². The number of unbranched alkanes of at least 4 members (excludes halogenated alkanes) is 1. The molecule has 0 saturated carbocycles. The highest BCUT2D eigenvalue weighted by Gasteiger charge is 2.18. The summed E-state index contributed by atoms with van der Waals surface area (Å²) in [7, 11) is -3.67. The van der Waals surface area contributed by atoms with Crippen LogP contribution in [0.15, 0.2) is 78.9 Å². The molecule has 0 radical (unpaired) electrons. The maximum absolute atomic E-state index is 12.9. The first-order chi connectivity index (χ1) is 15.8. The SMILES string of the molecule is CCCCC(=O)N(Cc1ccc(-c2ccccc2C(=O)NS(C)(=O)=O)cc1)c1ccccc1. The van der Waals surface area contributed by atoms with Crippen LogP contribution in [0.25, 0.3) is 11.1 Å². The lowest BCUT2D eigenvalue weighted by Gasteiger charge is -2.23. The van der Waals surface area contributed by atoms with Crippen LogP contribution in [0.4, 0.5) is 5.69 Å². The summed E-state index contributed by atoms with van der Waals surface area (Å²) in [6.45, 7) is 2.50. The van der Waals surface area contributed by atoms with E-state index in [0.29, 0.717) is 18.5 Å². The van der Waals surface area contributed by atoms with E-state index in [0.717, 1.165) is 35.9 Å². The molecule has 0 aliphatic rings. The molecule has 0 unspecified atom stereocenters. The summed E-state index contributed by atoms with van der Waals surface area (Å²) in [6.07, 6.45) is 3.23. The molecule has 3 aromatic carbocycles. The van der Waals surface area contributed by atoms with Crippen LogP contribution in [0.2, 0.25) is 0 Å². The van der Waals surface area contributed by atoms with Gasteiger partial charge in [0.1, 0.15) is 0 Å². The summed E-state index contributed by atoms with van der Waals surface area (Å²) in [5, 5.41) is 0. The Morgan fingerprint density at radius 3 is 2.15 bits per heavy atom. The maximum atomic E-state index is 12.9. The van der Waals surface area contributed by atoms with Gasteiger partial charge in [0.15, 0.2) is 0 Å². The first kappa shape index (κ1) is 24.2. The Labute approximate surface area is 195 Å². The first-order valence-corrected chi connectivity index (χ1v) is 12.7. The molecule has 0 fully saturated rings. The molecule has 0 atom stereocenters. The zero-order chi connectivity index (χ0) is 23.8. The van der Waals surface area contributed by atoms with E-state index in [2.05, 4.69) is 6.92 Å². The van der Waals surface area contributed by atoms with E-state index in [9.17, 15) is 18.0 Å². The predicted octanol–water partition coefficient (Wildman–Crippen LogP) is 4.77. The topological polar surface area (TPSA) is 83.6 Å². The number of anilines is 1. The summed E-state index contributed by atoms with van der Waals surface area (Å²) >= 11 is 0. The van der Waals surface area contributed by atoms with Crippen LogP contribution < -0.4 is 9.62 Å². The van der Waals surface area contributed by atoms with Gasteiger partial charge < -0.3 is 4.90 Å². The molecule has 0 aliphatic carbocycles. The zero-order valence-corrected chi connectivity index (χ0v) is 19.6. The second kappa shape index (κ2) is 10.9. The Kier molecular flexibility index (Phi) is 8.01. The van der Waals surface area contributed by atoms with Crippen LogP contribution in [0.3, 0.4) is 0 Å². The maximum Gasteiger partial charge on any atom is 0.265 e. The number of amides is 2. The molecule has 3 aromatic rings. The number of rotatable bonds is 9. The van der Waals surface area contributed by atoms with Crippen molar-refractivity contribution in [3.05, 3.63) is 90.0 Å². The Hall–Kier alpha value is -3.45. The van der Waals surface area contributed by atoms with E-state index >= 15 is 0 Å². The minimum atomic E-state index is -3.67. The minimum absolute atomic E-state index is 0.0786. The van der Waals surface area contributed by atoms with Crippen molar-refractivity contribution >= 4 is 27.5 Å². The Balaban J connectivity index is 1.85. The van der Waals surface area contributed by atoms with Crippen molar-refractivity contribution in [2.75, 3.05) is 11.2 Å². The van der Waals surface area contributed by atoms with Crippen molar-refractivity contribution in [2.45, 2.75) is 32.7 Å². The van der Waals surface area contributed by atoms with Crippen LogP contribution in [-0.4, -0.2) is 26.5 Å². The van der Waals surface area contributed by atoms with Gasteiger partial charge in [0.05, 0.1) is 12.8 Å². The number of para-hydroxylation sites is 1. The van der Waals surface area contributed by atoms with Crippen molar-refractivity contribution in [3.8, 4) is 11.1 Å². The fraction of sp³-hybridized carbons (Fsp3) is 0.231. The second-order valence-electron chi connectivity index (χ2n) is 7.86. The number of carbonyl (C=O) groups excluding carboxylic acids is 2. The number of hydrogen-bond donors (Lipinski definition) is 1. The molecule has 0 aliphatic heterocycles. The Morgan fingerprint density at radius 2 is 1.52 bits per heavy atom. The van der Waals surface area contributed by atoms with Crippen molar-refractivity contribution in [2.24, 2.45) is 0 Å². The number of nitrogens with zero attached hydrogens (tertiary/aromatic N) is 1. The summed E-state index contributed by atoms with van der Waals surface area (Å²) in [5.41, 5.74) is 3.48. The summed E-state index contributed by atoms with van der Waals surface area (Å²) in [4.78, 5) is 27.1. The van der Waals surface area contributed by atoms with Crippen LogP contribution in [-0.2, 0) is 21.4 Å². The third kappa shape index (κ3) is 6.76. The summed E-state index contributed by atoms with van der Waals surface area (Å²) in [5.74, 6) is -0.594. The molecule has 6 nitrogen and oxygen atoms in total. The van der Waals surface area contributed by atoms with E-state index in [-0.39, 0.29) is 11.5 Å². The van der Waals surface area contributed by atoms with E-state index in [4.69, 9.17) is 0 Å². The summed E-state index contributed by atoms with van der Waals surface area (Å²) < 4.78 is 25.0. The van der Waals surface area contributed by atoms with E-state index in [1.165, 1.54) is 0 Å². The van der Waals surface area contributed by atoms with Gasteiger partial charge in [0, 0.05) is 17.7 Å². The fourth-order valence-electron chi connectivity index (χ4n) is 3.52. The van der Waals surface area contributed by atoms with Gasteiger partial charge in [-0.05, 0) is 41.3 Å². The van der Waals surface area contributed by atoms with Gasteiger partial charge in [0.25, 0.3) is 5.91 Å². The van der Waals surface area contributed by atoms with Gasteiger partial charge in [-0.15, -0.1) is 0 Å². The summed E-state index contributed by atoms with van der Waals surface area (Å²) in [6, 6.07) is 24.0. The van der Waals surface area contributed by atoms with Crippen molar-refractivity contribution in [1.29, 1.82) is 0 Å². The van der Waals surface area contributed by atoms with Crippen molar-refractivity contribution in [1.82, 2.24) is 4.72 Å². The fourth-order valence-corrected chi connectivity index (χ4v) is 3.97. The average molecular weight is 465 g/mol. The molecule has 172 valence electrons. The normalized spacial score (nSPS) is 11.1. The minimum Gasteiger partial charge on any atom is -0.308 e. The lowest BCUT2D eigenvalue weighted by atomic mass is 9.98. The average Bonchev–Trinajstić information content (AvgIpc) is 2.81. The van der Waals surface area contributed by atoms with Crippen molar-refractivity contribution < 1.29 is 18.0 Å². The molecule has 0 spiro atoms. The van der Waals surface area contributed by atoms with Crippen LogP contribution in [0.1, 0.15) is 42.1 Å². The number of benzene rings is 3. The number of nitrogens with one attached hydrogen (secondary N) is 1. The quantitative estimate of drug-likeness (QED) is 0.495. The first-order valence-electron chi connectivity index (χ1n) is 10.8. The molecule has 7 heteroatoms. The highest BCUT2D eigenvalue weighted by molar-refractivity contribution is 7.89. The van der Waals surface area contributed by atoms with Crippen LogP contribution >= 0.6 is 0 Å². The molecule has 33 heavy (non-hydrogen) atoms. The van der Waals surface area contributed by atoms with Gasteiger partial charge in [-0.2, -0.15) is 0 Å². The second-order valence-corrected chi connectivity index (χ2v) is 9.61. The van der Waals surface area contributed by atoms with Crippen molar-refractivity contribution in [3.63, 3.8) is 0 Å². The third-order valence-corrected chi connectivity index (χ3v) is 5.72. The van der Waals surface area contributed by atoms with Crippen LogP contribution in [0, 0.1) is 0 Å². The van der Waals surface area contributed by atoms with Gasteiger partial charge in [0.2, 0.25) is 15.9 Å². The monoisotopic (exact) mass is 464 g/mol. The standard InChI is InChI=1S/C26H28N2O4S/c1-3-4-14-25(29)28(22-10-6-5-7-11-22)19-20-15-17-21(18-16-20)23-12-8-9-13-24(23)26(30)27-33(2,31)32/h5-13,15-18H,3-4,14,19H2,1-2H3,(H,27,30). The van der Waals surface area contributed by atoms with Gasteiger partial charge >= 0.3 is 0 Å². The molecule has 0 saturated heterocycles. The highest BCUT2D eigenvalue weighted by Crippen LogP contribution is 2.26. The molecule has 0 heterocycles. The molecular formula is C26H28N2O4S. The Bertz CT molecular complexity index is 1210. The molecule has 3 rings (SSSR count). The number of hydrogen-bond acceptors (Lipinski definition) is 4. The molecule has 2 amide bonds. The third-order valence-electron chi connectivity index (χ3n) is 5.17. The van der Waals surface area contributed by atoms with Crippen LogP contribution in [0.5, 0.6) is 0 Å². The lowest BCUT2D eigenvalue weighted by molar-refractivity contribution is -0.118. The lowest BCUT2D eigenvalue weighted by Crippen LogP contribution is -2.30. The van der Waals surface area contributed by atoms with E-state index < -0.39 is 15.9 Å². The molecule has 1 N–H and O–H groups in total. The number of sulfonamides is 1. The largest absolute Gasteiger partial charge is 0.308 e.